The second kappa shape index (κ2) is 9.21. The monoisotopic (exact) mass is 318 g/mol. The molecule has 0 atom stereocenters. The zero-order valence-electron chi connectivity index (χ0n) is 11.8. The molecule has 2 rings (SSSR count). The minimum atomic E-state index is -0.167. The number of hydrogen-bond donors (Lipinski definition) is 1. The highest BCUT2D eigenvalue weighted by atomic mass is 35.5. The molecule has 20 heavy (non-hydrogen) atoms. The third-order valence-corrected chi connectivity index (χ3v) is 4.18. The van der Waals surface area contributed by atoms with Crippen LogP contribution in [0.2, 0.25) is 0 Å². The summed E-state index contributed by atoms with van der Waals surface area (Å²) in [7, 11) is 0. The van der Waals surface area contributed by atoms with Gasteiger partial charge in [0.05, 0.1) is 6.61 Å². The number of ether oxygens (including phenoxy) is 1. The number of hydrogen-bond acceptors (Lipinski definition) is 4. The second-order valence-corrected chi connectivity index (χ2v) is 5.58. The fraction of sp³-hybridized carbons (Fsp3) is 0.643. The molecule has 1 saturated heterocycles. The van der Waals surface area contributed by atoms with Crippen LogP contribution in [0.5, 0.6) is 0 Å². The molecule has 0 unspecified atom stereocenters. The predicted molar refractivity (Wildman–Crippen MR) is 84.9 cm³/mol. The van der Waals surface area contributed by atoms with Crippen molar-refractivity contribution in [3.8, 4) is 0 Å². The zero-order valence-corrected chi connectivity index (χ0v) is 13.5. The molecule has 0 radical (unpaired) electrons. The molecule has 0 spiro atoms. The van der Waals surface area contributed by atoms with E-state index >= 15 is 0 Å². The van der Waals surface area contributed by atoms with Gasteiger partial charge in [0.1, 0.15) is 0 Å². The Hall–Kier alpha value is -0.780. The summed E-state index contributed by atoms with van der Waals surface area (Å²) in [4.78, 5) is 13.4. The summed E-state index contributed by atoms with van der Waals surface area (Å²) in [5.41, 5.74) is 1.40. The molecule has 1 aliphatic rings. The lowest BCUT2D eigenvalue weighted by Gasteiger charge is -2.31. The van der Waals surface area contributed by atoms with Crippen LogP contribution in [0.1, 0.15) is 25.3 Å². The lowest BCUT2D eigenvalue weighted by atomic mass is 10.1. The number of likely N-dealkylation sites (tertiary alicyclic amines) is 1. The first-order valence-electron chi connectivity index (χ1n) is 6.95. The number of thiophene rings is 1. The Balaban J connectivity index is 0.00000200. The third-order valence-electron chi connectivity index (χ3n) is 3.45. The van der Waals surface area contributed by atoms with Gasteiger partial charge in [-0.1, -0.05) is 0 Å². The standard InChI is InChI=1S/C14H22N2O2S.ClH/c1-2-18-14(17)16-8-4-13(5-9-16)15-7-3-12-6-10-19-11-12;/h6,10-11,13,15H,2-5,7-9H2,1H3;1H. The molecule has 0 aliphatic carbocycles. The maximum absolute atomic E-state index is 11.6. The maximum atomic E-state index is 11.6. The zero-order chi connectivity index (χ0) is 13.5. The van der Waals surface area contributed by atoms with Crippen LogP contribution in [-0.2, 0) is 11.2 Å². The Bertz CT molecular complexity index is 379. The lowest BCUT2D eigenvalue weighted by molar-refractivity contribution is 0.0952. The van der Waals surface area contributed by atoms with Gasteiger partial charge in [0.2, 0.25) is 0 Å². The maximum Gasteiger partial charge on any atom is 0.409 e. The molecule has 0 bridgehead atoms. The molecule has 1 amide bonds. The Kier molecular flexibility index (Phi) is 7.95. The molecule has 4 nitrogen and oxygen atoms in total. The van der Waals surface area contributed by atoms with E-state index in [9.17, 15) is 4.79 Å². The first-order chi connectivity index (χ1) is 9.29. The van der Waals surface area contributed by atoms with E-state index in [0.717, 1.165) is 38.9 Å². The van der Waals surface area contributed by atoms with Gasteiger partial charge in [-0.3, -0.25) is 0 Å². The third kappa shape index (κ3) is 5.31. The van der Waals surface area contributed by atoms with Gasteiger partial charge >= 0.3 is 6.09 Å². The van der Waals surface area contributed by atoms with Crippen LogP contribution in [0.25, 0.3) is 0 Å². The van der Waals surface area contributed by atoms with Gasteiger partial charge in [-0.2, -0.15) is 11.3 Å². The highest BCUT2D eigenvalue weighted by molar-refractivity contribution is 7.07. The Morgan fingerprint density at radius 2 is 2.25 bits per heavy atom. The molecule has 1 N–H and O–H groups in total. The largest absolute Gasteiger partial charge is 0.450 e. The topological polar surface area (TPSA) is 41.6 Å². The van der Waals surface area contributed by atoms with Gasteiger partial charge in [0, 0.05) is 19.1 Å². The van der Waals surface area contributed by atoms with E-state index in [4.69, 9.17) is 4.74 Å². The van der Waals surface area contributed by atoms with Gasteiger partial charge in [-0.25, -0.2) is 4.79 Å². The Morgan fingerprint density at radius 3 is 2.85 bits per heavy atom. The Morgan fingerprint density at radius 1 is 1.50 bits per heavy atom. The molecule has 0 aromatic carbocycles. The lowest BCUT2D eigenvalue weighted by Crippen LogP contribution is -2.45. The van der Waals surface area contributed by atoms with Crippen molar-refractivity contribution in [2.45, 2.75) is 32.2 Å². The van der Waals surface area contributed by atoms with Crippen molar-refractivity contribution in [3.63, 3.8) is 0 Å². The number of carbonyl (C=O) groups excluding carboxylic acids is 1. The van der Waals surface area contributed by atoms with Gasteiger partial charge < -0.3 is 15.0 Å². The van der Waals surface area contributed by atoms with Crippen LogP contribution in [0, 0.1) is 0 Å². The quantitative estimate of drug-likeness (QED) is 0.907. The van der Waals surface area contributed by atoms with Crippen molar-refractivity contribution in [1.82, 2.24) is 10.2 Å². The molecule has 1 fully saturated rings. The molecule has 1 aliphatic heterocycles. The normalized spacial score (nSPS) is 15.8. The van der Waals surface area contributed by atoms with Crippen molar-refractivity contribution in [2.75, 3.05) is 26.2 Å². The fourth-order valence-electron chi connectivity index (χ4n) is 2.34. The average Bonchev–Trinajstić information content (AvgIpc) is 2.93. The van der Waals surface area contributed by atoms with Crippen LogP contribution in [0.4, 0.5) is 4.79 Å². The second-order valence-electron chi connectivity index (χ2n) is 4.80. The molecular weight excluding hydrogens is 296 g/mol. The van der Waals surface area contributed by atoms with Gasteiger partial charge in [-0.15, -0.1) is 12.4 Å². The molecule has 1 aromatic rings. The number of rotatable bonds is 5. The van der Waals surface area contributed by atoms with E-state index in [-0.39, 0.29) is 18.5 Å². The molecule has 6 heteroatoms. The minimum absolute atomic E-state index is 0. The van der Waals surface area contributed by atoms with E-state index in [2.05, 4.69) is 22.1 Å². The van der Waals surface area contributed by atoms with Gasteiger partial charge in [-0.05, 0) is 55.1 Å². The molecule has 1 aromatic heterocycles. The first-order valence-corrected chi connectivity index (χ1v) is 7.90. The van der Waals surface area contributed by atoms with Crippen LogP contribution >= 0.6 is 23.7 Å². The summed E-state index contributed by atoms with van der Waals surface area (Å²) in [5, 5.41) is 7.89. The van der Waals surface area contributed by atoms with Crippen molar-refractivity contribution < 1.29 is 9.53 Å². The van der Waals surface area contributed by atoms with E-state index in [1.165, 1.54) is 5.56 Å². The predicted octanol–water partition coefficient (Wildman–Crippen LogP) is 2.92. The van der Waals surface area contributed by atoms with E-state index in [1.807, 2.05) is 6.92 Å². The van der Waals surface area contributed by atoms with Gasteiger partial charge in [0.25, 0.3) is 0 Å². The summed E-state index contributed by atoms with van der Waals surface area (Å²) in [6.45, 7) is 4.92. The summed E-state index contributed by atoms with van der Waals surface area (Å²) in [6.07, 6.45) is 2.95. The van der Waals surface area contributed by atoms with Crippen molar-refractivity contribution in [3.05, 3.63) is 22.4 Å². The number of amides is 1. The molecule has 2 heterocycles. The smallest absolute Gasteiger partial charge is 0.409 e. The first kappa shape index (κ1) is 17.3. The number of piperidine rings is 1. The number of halogens is 1. The molecule has 114 valence electrons. The highest BCUT2D eigenvalue weighted by Crippen LogP contribution is 2.12. The van der Waals surface area contributed by atoms with Crippen molar-refractivity contribution >= 4 is 29.8 Å². The summed E-state index contributed by atoms with van der Waals surface area (Å²) in [5.74, 6) is 0. The van der Waals surface area contributed by atoms with Crippen LogP contribution < -0.4 is 5.32 Å². The summed E-state index contributed by atoms with van der Waals surface area (Å²) in [6, 6.07) is 2.71. The highest BCUT2D eigenvalue weighted by Gasteiger charge is 2.22. The van der Waals surface area contributed by atoms with Crippen LogP contribution in [0.3, 0.4) is 0 Å². The van der Waals surface area contributed by atoms with E-state index in [0.29, 0.717) is 12.6 Å². The fourth-order valence-corrected chi connectivity index (χ4v) is 3.04. The average molecular weight is 319 g/mol. The van der Waals surface area contributed by atoms with E-state index < -0.39 is 0 Å². The number of nitrogens with one attached hydrogen (secondary N) is 1. The van der Waals surface area contributed by atoms with Crippen LogP contribution in [-0.4, -0.2) is 43.3 Å². The Labute approximate surface area is 130 Å². The number of carbonyl (C=O) groups is 1. The van der Waals surface area contributed by atoms with Crippen molar-refractivity contribution in [1.29, 1.82) is 0 Å². The van der Waals surface area contributed by atoms with E-state index in [1.54, 1.807) is 16.2 Å². The van der Waals surface area contributed by atoms with Crippen molar-refractivity contribution in [2.24, 2.45) is 0 Å². The summed E-state index contributed by atoms with van der Waals surface area (Å²) >= 11 is 1.75. The van der Waals surface area contributed by atoms with Gasteiger partial charge in [0.15, 0.2) is 0 Å². The molecular formula is C14H23ClN2O2S. The molecule has 0 saturated carbocycles. The summed E-state index contributed by atoms with van der Waals surface area (Å²) < 4.78 is 5.01. The van der Waals surface area contributed by atoms with Crippen LogP contribution in [0.15, 0.2) is 16.8 Å². The SMILES string of the molecule is CCOC(=O)N1CCC(NCCc2ccsc2)CC1.Cl. The minimum Gasteiger partial charge on any atom is -0.450 e. The number of nitrogens with zero attached hydrogens (tertiary/aromatic N) is 1.